The maximum Gasteiger partial charge on any atom is 0.237 e. The van der Waals surface area contributed by atoms with E-state index >= 15 is 0 Å². The molecule has 134 valence electrons. The summed E-state index contributed by atoms with van der Waals surface area (Å²) in [6.07, 6.45) is 4.27. The van der Waals surface area contributed by atoms with Gasteiger partial charge in [0.15, 0.2) is 0 Å². The number of hydrogen-bond donors (Lipinski definition) is 2. The van der Waals surface area contributed by atoms with Gasteiger partial charge in [-0.15, -0.1) is 0 Å². The van der Waals surface area contributed by atoms with Crippen LogP contribution < -0.4 is 5.32 Å². The molecule has 1 saturated carbocycles. The summed E-state index contributed by atoms with van der Waals surface area (Å²) in [6.45, 7) is 5.69. The number of aromatic nitrogens is 1. The molecule has 4 nitrogen and oxygen atoms in total. The average molecular weight is 360 g/mol. The van der Waals surface area contributed by atoms with Gasteiger partial charge in [-0.05, 0) is 55.4 Å². The van der Waals surface area contributed by atoms with Crippen LogP contribution in [0.2, 0.25) is 5.02 Å². The van der Waals surface area contributed by atoms with Crippen LogP contribution in [0.5, 0.6) is 0 Å². The van der Waals surface area contributed by atoms with Crippen LogP contribution >= 0.6 is 11.6 Å². The van der Waals surface area contributed by atoms with E-state index < -0.39 is 0 Å². The Morgan fingerprint density at radius 2 is 2.20 bits per heavy atom. The summed E-state index contributed by atoms with van der Waals surface area (Å²) in [7, 11) is 0. The number of nitrogens with zero attached hydrogens (tertiary/aromatic N) is 1. The van der Waals surface area contributed by atoms with Crippen LogP contribution in [-0.2, 0) is 11.2 Å². The van der Waals surface area contributed by atoms with Crippen molar-refractivity contribution < 1.29 is 4.79 Å². The molecule has 0 radical (unpaired) electrons. The minimum Gasteiger partial charge on any atom is -0.356 e. The average Bonchev–Trinajstić information content (AvgIpc) is 3.33. The molecule has 2 aliphatic rings. The minimum atomic E-state index is 0.128. The second-order valence-corrected chi connectivity index (χ2v) is 8.28. The fraction of sp³-hybridized carbons (Fsp3) is 0.550. The largest absolute Gasteiger partial charge is 0.356 e. The van der Waals surface area contributed by atoms with Gasteiger partial charge in [-0.25, -0.2) is 0 Å². The number of nitrogens with one attached hydrogen (secondary N) is 2. The van der Waals surface area contributed by atoms with Crippen LogP contribution in [0.3, 0.4) is 0 Å². The number of rotatable bonds is 5. The van der Waals surface area contributed by atoms with Crippen molar-refractivity contribution >= 4 is 28.4 Å². The summed E-state index contributed by atoms with van der Waals surface area (Å²) < 4.78 is 0. The van der Waals surface area contributed by atoms with Gasteiger partial charge in [0.2, 0.25) is 5.91 Å². The van der Waals surface area contributed by atoms with Crippen molar-refractivity contribution in [3.05, 3.63) is 34.5 Å². The zero-order chi connectivity index (χ0) is 17.6. The highest BCUT2D eigenvalue weighted by Crippen LogP contribution is 2.38. The molecule has 25 heavy (non-hydrogen) atoms. The molecular formula is C20H26ClN3O. The smallest absolute Gasteiger partial charge is 0.237 e. The number of benzene rings is 1. The van der Waals surface area contributed by atoms with E-state index in [1.165, 1.54) is 29.5 Å². The van der Waals surface area contributed by atoms with Crippen LogP contribution in [0.25, 0.3) is 10.9 Å². The van der Waals surface area contributed by atoms with Crippen LogP contribution in [0.1, 0.15) is 50.4 Å². The van der Waals surface area contributed by atoms with Crippen molar-refractivity contribution in [1.29, 1.82) is 0 Å². The fourth-order valence-electron chi connectivity index (χ4n) is 3.95. The SMILES string of the molecule is CC(C)C[C@H]1c2[nH]c3ccc(Cl)cc3c2CCN1C(=O)CNC1CC1. The predicted molar refractivity (Wildman–Crippen MR) is 102 cm³/mol. The molecule has 0 saturated heterocycles. The highest BCUT2D eigenvalue weighted by molar-refractivity contribution is 6.31. The van der Waals surface area contributed by atoms with Gasteiger partial charge in [-0.1, -0.05) is 25.4 Å². The van der Waals surface area contributed by atoms with Gasteiger partial charge in [-0.2, -0.15) is 0 Å². The fourth-order valence-corrected chi connectivity index (χ4v) is 4.12. The first-order valence-electron chi connectivity index (χ1n) is 9.35. The van der Waals surface area contributed by atoms with Gasteiger partial charge in [0.1, 0.15) is 0 Å². The Labute approximate surface area is 153 Å². The van der Waals surface area contributed by atoms with Gasteiger partial charge in [0.05, 0.1) is 12.6 Å². The molecule has 0 spiro atoms. The predicted octanol–water partition coefficient (Wildman–Crippen LogP) is 4.05. The van der Waals surface area contributed by atoms with Crippen molar-refractivity contribution in [1.82, 2.24) is 15.2 Å². The van der Waals surface area contributed by atoms with E-state index in [2.05, 4.69) is 29.0 Å². The van der Waals surface area contributed by atoms with Crippen molar-refractivity contribution in [3.63, 3.8) is 0 Å². The Bertz CT molecular complexity index is 794. The van der Waals surface area contributed by atoms with Crippen LogP contribution in [0.4, 0.5) is 0 Å². The number of fused-ring (bicyclic) bond motifs is 3. The summed E-state index contributed by atoms with van der Waals surface area (Å²) in [4.78, 5) is 18.5. The Morgan fingerprint density at radius 3 is 2.92 bits per heavy atom. The molecule has 0 unspecified atom stereocenters. The Hall–Kier alpha value is -1.52. The van der Waals surface area contributed by atoms with Gasteiger partial charge in [0, 0.05) is 34.2 Å². The van der Waals surface area contributed by atoms with Crippen molar-refractivity contribution in [3.8, 4) is 0 Å². The molecule has 1 aromatic heterocycles. The quantitative estimate of drug-likeness (QED) is 0.846. The molecule has 1 amide bonds. The van der Waals surface area contributed by atoms with E-state index in [-0.39, 0.29) is 11.9 Å². The summed E-state index contributed by atoms with van der Waals surface area (Å²) >= 11 is 6.21. The van der Waals surface area contributed by atoms with E-state index in [4.69, 9.17) is 11.6 Å². The lowest BCUT2D eigenvalue weighted by atomic mass is 9.91. The van der Waals surface area contributed by atoms with E-state index in [0.717, 1.165) is 29.9 Å². The lowest BCUT2D eigenvalue weighted by Crippen LogP contribution is -2.45. The topological polar surface area (TPSA) is 48.1 Å². The summed E-state index contributed by atoms with van der Waals surface area (Å²) in [5.74, 6) is 0.748. The van der Waals surface area contributed by atoms with E-state index in [1.807, 2.05) is 18.2 Å². The molecule has 2 heterocycles. The lowest BCUT2D eigenvalue weighted by molar-refractivity contribution is -0.133. The molecular weight excluding hydrogens is 334 g/mol. The minimum absolute atomic E-state index is 0.128. The molecule has 0 bridgehead atoms. The van der Waals surface area contributed by atoms with Crippen LogP contribution in [0, 0.1) is 5.92 Å². The number of hydrogen-bond acceptors (Lipinski definition) is 2. The number of carbonyl (C=O) groups is 1. The highest BCUT2D eigenvalue weighted by Gasteiger charge is 2.34. The Balaban J connectivity index is 1.66. The monoisotopic (exact) mass is 359 g/mol. The molecule has 4 rings (SSSR count). The summed E-state index contributed by atoms with van der Waals surface area (Å²) in [5.41, 5.74) is 3.66. The molecule has 5 heteroatoms. The first-order valence-corrected chi connectivity index (χ1v) is 9.73. The zero-order valence-corrected chi connectivity index (χ0v) is 15.7. The second-order valence-electron chi connectivity index (χ2n) is 7.84. The lowest BCUT2D eigenvalue weighted by Gasteiger charge is -2.37. The third-order valence-electron chi connectivity index (χ3n) is 5.35. The van der Waals surface area contributed by atoms with E-state index in [1.54, 1.807) is 0 Å². The summed E-state index contributed by atoms with van der Waals surface area (Å²) in [6, 6.07) is 6.70. The van der Waals surface area contributed by atoms with Gasteiger partial charge in [-0.3, -0.25) is 4.79 Å². The van der Waals surface area contributed by atoms with Gasteiger partial charge in [0.25, 0.3) is 0 Å². The van der Waals surface area contributed by atoms with E-state index in [0.29, 0.717) is 18.5 Å². The molecule has 2 aromatic rings. The standard InChI is InChI=1S/C20H26ClN3O/c1-12(2)9-18-20-15(16-10-13(21)3-6-17(16)23-20)7-8-24(18)19(25)11-22-14-4-5-14/h3,6,10,12,14,18,22-23H,4-5,7-9,11H2,1-2H3/t18-/m0/s1. The van der Waals surface area contributed by atoms with Gasteiger partial charge >= 0.3 is 0 Å². The van der Waals surface area contributed by atoms with Gasteiger partial charge < -0.3 is 15.2 Å². The molecule has 2 N–H and O–H groups in total. The highest BCUT2D eigenvalue weighted by atomic mass is 35.5. The zero-order valence-electron chi connectivity index (χ0n) is 14.9. The third kappa shape index (κ3) is 3.42. The van der Waals surface area contributed by atoms with Crippen molar-refractivity contribution in [2.24, 2.45) is 5.92 Å². The second kappa shape index (κ2) is 6.65. The van der Waals surface area contributed by atoms with Crippen molar-refractivity contribution in [2.45, 2.75) is 51.6 Å². The number of carbonyl (C=O) groups excluding carboxylic acids is 1. The molecule has 1 aliphatic carbocycles. The third-order valence-corrected chi connectivity index (χ3v) is 5.58. The molecule has 1 fully saturated rings. The molecule has 1 atom stereocenters. The van der Waals surface area contributed by atoms with E-state index in [9.17, 15) is 4.79 Å². The first kappa shape index (κ1) is 16.9. The number of aromatic amines is 1. The number of H-pyrrole nitrogens is 1. The number of halogens is 1. The number of amides is 1. The van der Waals surface area contributed by atoms with Crippen LogP contribution in [0.15, 0.2) is 18.2 Å². The Kier molecular flexibility index (Phi) is 4.50. The normalized spacial score (nSPS) is 20.3. The van der Waals surface area contributed by atoms with Crippen molar-refractivity contribution in [2.75, 3.05) is 13.1 Å². The maximum atomic E-state index is 12.8. The Morgan fingerprint density at radius 1 is 1.40 bits per heavy atom. The van der Waals surface area contributed by atoms with Crippen LogP contribution in [-0.4, -0.2) is 34.9 Å². The molecule has 1 aromatic carbocycles. The maximum absolute atomic E-state index is 12.8. The summed E-state index contributed by atoms with van der Waals surface area (Å²) in [5, 5.41) is 5.34. The first-order chi connectivity index (χ1) is 12.0. The molecule has 1 aliphatic heterocycles.